The molecule has 2 nitrogen and oxygen atoms in total. The fraction of sp³-hybridized carbons (Fsp3) is 0. The first-order valence-corrected chi connectivity index (χ1v) is 4.80. The number of anilines is 1. The van der Waals surface area contributed by atoms with Crippen LogP contribution in [0.2, 0.25) is 0 Å². The maximum Gasteiger partial charge on any atom is 0.255 e. The molecule has 0 saturated carbocycles. The van der Waals surface area contributed by atoms with E-state index in [4.69, 9.17) is 0 Å². The Balaban J connectivity index is 2.18. The molecule has 0 spiro atoms. The summed E-state index contributed by atoms with van der Waals surface area (Å²) in [5.74, 6) is -0.897. The predicted molar refractivity (Wildman–Crippen MR) is 59.6 cm³/mol. The fourth-order valence-electron chi connectivity index (χ4n) is 1.30. The highest BCUT2D eigenvalue weighted by Gasteiger charge is 2.07. The molecular weight excluding hydrogens is 205 g/mol. The van der Waals surface area contributed by atoms with Crippen molar-refractivity contribution < 1.29 is 9.18 Å². The van der Waals surface area contributed by atoms with Crippen molar-refractivity contribution >= 4 is 11.6 Å². The first kappa shape index (κ1) is 10.4. The van der Waals surface area contributed by atoms with E-state index in [-0.39, 0.29) is 11.6 Å². The normalized spacial score (nSPS) is 9.81. The first-order chi connectivity index (χ1) is 7.77. The SMILES string of the molecule is O=C(Nc1ccc[c]c1F)c1ccccc1. The molecule has 16 heavy (non-hydrogen) atoms. The molecule has 1 N–H and O–H groups in total. The van der Waals surface area contributed by atoms with Gasteiger partial charge in [0.2, 0.25) is 0 Å². The number of nitrogens with one attached hydrogen (secondary N) is 1. The molecule has 2 aromatic carbocycles. The second kappa shape index (κ2) is 4.57. The second-order valence-electron chi connectivity index (χ2n) is 3.22. The lowest BCUT2D eigenvalue weighted by Gasteiger charge is -2.05. The fourth-order valence-corrected chi connectivity index (χ4v) is 1.30. The zero-order valence-corrected chi connectivity index (χ0v) is 8.41. The Labute approximate surface area is 92.7 Å². The van der Waals surface area contributed by atoms with Crippen molar-refractivity contribution in [1.82, 2.24) is 0 Å². The van der Waals surface area contributed by atoms with E-state index in [1.54, 1.807) is 30.3 Å². The van der Waals surface area contributed by atoms with E-state index in [1.807, 2.05) is 6.07 Å². The van der Waals surface area contributed by atoms with Crippen LogP contribution in [0.15, 0.2) is 48.5 Å². The van der Waals surface area contributed by atoms with Crippen molar-refractivity contribution in [2.24, 2.45) is 0 Å². The van der Waals surface area contributed by atoms with Gasteiger partial charge in [0.15, 0.2) is 5.82 Å². The molecule has 0 bridgehead atoms. The van der Waals surface area contributed by atoms with Crippen LogP contribution >= 0.6 is 0 Å². The van der Waals surface area contributed by atoms with E-state index in [0.29, 0.717) is 5.56 Å². The van der Waals surface area contributed by atoms with Gasteiger partial charge in [0.1, 0.15) is 0 Å². The number of rotatable bonds is 2. The van der Waals surface area contributed by atoms with Gasteiger partial charge in [-0.05, 0) is 18.2 Å². The summed E-state index contributed by atoms with van der Waals surface area (Å²) < 4.78 is 13.2. The largest absolute Gasteiger partial charge is 0.319 e. The van der Waals surface area contributed by atoms with Gasteiger partial charge in [0.25, 0.3) is 5.91 Å². The molecule has 2 rings (SSSR count). The van der Waals surface area contributed by atoms with E-state index in [9.17, 15) is 9.18 Å². The Morgan fingerprint density at radius 3 is 2.56 bits per heavy atom. The zero-order chi connectivity index (χ0) is 11.4. The third-order valence-electron chi connectivity index (χ3n) is 2.09. The number of amides is 1. The Morgan fingerprint density at radius 1 is 1.12 bits per heavy atom. The average molecular weight is 214 g/mol. The van der Waals surface area contributed by atoms with Crippen LogP contribution in [-0.4, -0.2) is 5.91 Å². The third kappa shape index (κ3) is 2.25. The van der Waals surface area contributed by atoms with Crippen molar-refractivity contribution in [2.75, 3.05) is 5.32 Å². The lowest BCUT2D eigenvalue weighted by molar-refractivity contribution is 0.102. The van der Waals surface area contributed by atoms with E-state index >= 15 is 0 Å². The number of halogens is 1. The van der Waals surface area contributed by atoms with Gasteiger partial charge >= 0.3 is 0 Å². The number of carbonyl (C=O) groups excluding carboxylic acids is 1. The highest BCUT2D eigenvalue weighted by atomic mass is 19.1. The van der Waals surface area contributed by atoms with Crippen LogP contribution in [0.1, 0.15) is 10.4 Å². The number of carbonyl (C=O) groups is 1. The molecule has 0 aliphatic rings. The summed E-state index contributed by atoms with van der Waals surface area (Å²) in [5, 5.41) is 2.48. The Kier molecular flexibility index (Phi) is 2.96. The predicted octanol–water partition coefficient (Wildman–Crippen LogP) is 2.88. The molecule has 79 valence electrons. The van der Waals surface area contributed by atoms with Crippen molar-refractivity contribution in [3.05, 3.63) is 66.0 Å². The molecular formula is C13H9FNO. The summed E-state index contributed by atoms with van der Waals surface area (Å²) >= 11 is 0. The third-order valence-corrected chi connectivity index (χ3v) is 2.09. The summed E-state index contributed by atoms with van der Waals surface area (Å²) in [6.07, 6.45) is 0. The second-order valence-corrected chi connectivity index (χ2v) is 3.22. The highest BCUT2D eigenvalue weighted by molar-refractivity contribution is 6.04. The molecule has 0 unspecified atom stereocenters. The Hall–Kier alpha value is -2.16. The lowest BCUT2D eigenvalue weighted by atomic mass is 10.2. The van der Waals surface area contributed by atoms with Gasteiger partial charge in [-0.2, -0.15) is 0 Å². The van der Waals surface area contributed by atoms with Gasteiger partial charge in [-0.15, -0.1) is 0 Å². The van der Waals surface area contributed by atoms with Crippen LogP contribution < -0.4 is 5.32 Å². The number of benzene rings is 2. The minimum Gasteiger partial charge on any atom is -0.319 e. The molecule has 1 radical (unpaired) electrons. The molecule has 0 aromatic heterocycles. The molecule has 3 heteroatoms. The van der Waals surface area contributed by atoms with E-state index in [1.165, 1.54) is 12.1 Å². The van der Waals surface area contributed by atoms with Crippen LogP contribution in [0, 0.1) is 11.9 Å². The Morgan fingerprint density at radius 2 is 1.88 bits per heavy atom. The molecule has 2 aromatic rings. The van der Waals surface area contributed by atoms with Crippen molar-refractivity contribution in [3.8, 4) is 0 Å². The van der Waals surface area contributed by atoms with Gasteiger partial charge in [0, 0.05) is 11.6 Å². The summed E-state index contributed by atoms with van der Waals surface area (Å²) in [7, 11) is 0. The minimum atomic E-state index is -0.563. The molecule has 0 atom stereocenters. The zero-order valence-electron chi connectivity index (χ0n) is 8.41. The average Bonchev–Trinajstić information content (AvgIpc) is 2.33. The molecule has 0 fully saturated rings. The minimum absolute atomic E-state index is 0.136. The number of hydrogen-bond acceptors (Lipinski definition) is 1. The van der Waals surface area contributed by atoms with E-state index in [2.05, 4.69) is 11.4 Å². The quantitative estimate of drug-likeness (QED) is 0.818. The molecule has 0 heterocycles. The summed E-state index contributed by atoms with van der Waals surface area (Å²) in [5.41, 5.74) is 0.627. The maximum atomic E-state index is 13.2. The standard InChI is InChI=1S/C13H9FNO/c14-11-8-4-5-9-12(11)15-13(16)10-6-2-1-3-7-10/h1-7,9H,(H,15,16). The number of hydrogen-bond donors (Lipinski definition) is 1. The van der Waals surface area contributed by atoms with Crippen LogP contribution in [0.5, 0.6) is 0 Å². The topological polar surface area (TPSA) is 29.1 Å². The summed E-state index contributed by atoms with van der Waals surface area (Å²) in [6.45, 7) is 0. The molecule has 1 amide bonds. The lowest BCUT2D eigenvalue weighted by Crippen LogP contribution is -2.12. The van der Waals surface area contributed by atoms with Crippen LogP contribution in [0.4, 0.5) is 10.1 Å². The van der Waals surface area contributed by atoms with Crippen molar-refractivity contribution in [3.63, 3.8) is 0 Å². The van der Waals surface area contributed by atoms with Crippen molar-refractivity contribution in [1.29, 1.82) is 0 Å². The van der Waals surface area contributed by atoms with Crippen LogP contribution in [0.3, 0.4) is 0 Å². The first-order valence-electron chi connectivity index (χ1n) is 4.80. The van der Waals surface area contributed by atoms with E-state index < -0.39 is 5.82 Å². The highest BCUT2D eigenvalue weighted by Crippen LogP contribution is 2.13. The molecule has 0 aliphatic carbocycles. The van der Waals surface area contributed by atoms with Gasteiger partial charge in [-0.25, -0.2) is 4.39 Å². The maximum absolute atomic E-state index is 13.2. The van der Waals surface area contributed by atoms with Crippen LogP contribution in [-0.2, 0) is 0 Å². The Bertz CT molecular complexity index is 496. The van der Waals surface area contributed by atoms with Gasteiger partial charge in [-0.3, -0.25) is 4.79 Å². The molecule has 0 aliphatic heterocycles. The summed E-state index contributed by atoms with van der Waals surface area (Å²) in [6, 6.07) is 15.6. The summed E-state index contributed by atoms with van der Waals surface area (Å²) in [4.78, 5) is 11.7. The van der Waals surface area contributed by atoms with Gasteiger partial charge in [-0.1, -0.05) is 30.3 Å². The van der Waals surface area contributed by atoms with Gasteiger partial charge in [0.05, 0.1) is 5.69 Å². The van der Waals surface area contributed by atoms with Gasteiger partial charge < -0.3 is 5.32 Å². The van der Waals surface area contributed by atoms with Crippen molar-refractivity contribution in [2.45, 2.75) is 0 Å². The van der Waals surface area contributed by atoms with E-state index in [0.717, 1.165) is 0 Å². The smallest absolute Gasteiger partial charge is 0.255 e. The monoisotopic (exact) mass is 214 g/mol. The molecule has 0 saturated heterocycles. The van der Waals surface area contributed by atoms with Crippen LogP contribution in [0.25, 0.3) is 0 Å².